The molecule has 1 aliphatic heterocycles. The van der Waals surface area contributed by atoms with Gasteiger partial charge in [0, 0.05) is 50.0 Å². The van der Waals surface area contributed by atoms with E-state index in [1.807, 2.05) is 37.4 Å². The van der Waals surface area contributed by atoms with Gasteiger partial charge in [-0.1, -0.05) is 6.07 Å². The number of imidazole rings is 1. The summed E-state index contributed by atoms with van der Waals surface area (Å²) >= 11 is 0. The monoisotopic (exact) mass is 510 g/mol. The normalized spacial score (nSPS) is 17.8. The number of carbonyl (C=O) groups excluding carboxylic acids is 1. The Morgan fingerprint density at radius 3 is 2.73 bits per heavy atom. The molecule has 0 amide bonds. The van der Waals surface area contributed by atoms with Gasteiger partial charge < -0.3 is 23.7 Å². The number of fused-ring (bicyclic) bond motifs is 1. The highest BCUT2D eigenvalue weighted by Gasteiger charge is 2.26. The van der Waals surface area contributed by atoms with Crippen LogP contribution < -0.4 is 10.9 Å². The number of pyridine rings is 1. The molecule has 0 saturated carbocycles. The van der Waals surface area contributed by atoms with Gasteiger partial charge in [-0.05, 0) is 64.3 Å². The van der Waals surface area contributed by atoms with Crippen molar-refractivity contribution in [3.05, 3.63) is 51.9 Å². The van der Waals surface area contributed by atoms with Crippen LogP contribution in [0.15, 0.2) is 35.3 Å². The molecule has 37 heavy (non-hydrogen) atoms. The van der Waals surface area contributed by atoms with Gasteiger partial charge in [-0.2, -0.15) is 0 Å². The van der Waals surface area contributed by atoms with Crippen LogP contribution in [0.1, 0.15) is 44.7 Å². The molecule has 1 saturated heterocycles. The molecule has 3 heterocycles. The topological polar surface area (TPSA) is 108 Å². The lowest BCUT2D eigenvalue weighted by atomic mass is 10.0. The molecule has 2 unspecified atom stereocenters. The van der Waals surface area contributed by atoms with Gasteiger partial charge in [0.25, 0.3) is 5.56 Å². The van der Waals surface area contributed by atoms with Crippen LogP contribution in [-0.4, -0.2) is 56.7 Å². The number of aliphatic hydroxyl groups excluding tert-OH is 1. The quantitative estimate of drug-likeness (QED) is 0.426. The standard InChI is InChI=1S/C28H38N4O5/c1-17(2)37-28(35)25(19(4)33)29-13-20-8-9-24-23(12-20)30-26(22-11-18(3)27(34)31(5)15-22)32(24)14-21-7-6-10-36-16-21/h8-9,11-12,15,17,19,21,25,29,33H,6-7,10,13-14,16H2,1-5H3/t19?,21-,25?/m1/s1. The Kier molecular flexibility index (Phi) is 8.46. The second-order valence-corrected chi connectivity index (χ2v) is 10.4. The van der Waals surface area contributed by atoms with Crippen molar-refractivity contribution in [3.63, 3.8) is 0 Å². The maximum Gasteiger partial charge on any atom is 0.326 e. The first-order valence-corrected chi connectivity index (χ1v) is 13.0. The van der Waals surface area contributed by atoms with Crippen LogP contribution in [0, 0.1) is 12.8 Å². The van der Waals surface area contributed by atoms with E-state index >= 15 is 0 Å². The van der Waals surface area contributed by atoms with Gasteiger partial charge >= 0.3 is 5.97 Å². The molecule has 4 rings (SSSR count). The predicted molar refractivity (Wildman–Crippen MR) is 142 cm³/mol. The van der Waals surface area contributed by atoms with Gasteiger partial charge in [-0.3, -0.25) is 14.9 Å². The Balaban J connectivity index is 1.67. The van der Waals surface area contributed by atoms with E-state index in [1.54, 1.807) is 32.4 Å². The minimum absolute atomic E-state index is 0.0240. The Labute approximate surface area is 217 Å². The molecule has 0 radical (unpaired) electrons. The minimum Gasteiger partial charge on any atom is -0.462 e. The highest BCUT2D eigenvalue weighted by molar-refractivity contribution is 5.81. The fourth-order valence-electron chi connectivity index (χ4n) is 4.88. The van der Waals surface area contributed by atoms with Crippen LogP contribution in [0.5, 0.6) is 0 Å². The summed E-state index contributed by atoms with van der Waals surface area (Å²) in [6.45, 7) is 9.63. The van der Waals surface area contributed by atoms with Gasteiger partial charge in [0.15, 0.2) is 0 Å². The molecule has 3 atom stereocenters. The lowest BCUT2D eigenvalue weighted by molar-refractivity contribution is -0.152. The third kappa shape index (κ3) is 6.29. The Bertz CT molecular complexity index is 1280. The van der Waals surface area contributed by atoms with E-state index in [0.717, 1.165) is 60.6 Å². The van der Waals surface area contributed by atoms with Crippen LogP contribution in [-0.2, 0) is 34.4 Å². The van der Waals surface area contributed by atoms with Crippen molar-refractivity contribution in [2.45, 2.75) is 71.9 Å². The van der Waals surface area contributed by atoms with Crippen LogP contribution in [0.3, 0.4) is 0 Å². The third-order valence-electron chi connectivity index (χ3n) is 6.74. The number of nitrogens with one attached hydrogen (secondary N) is 1. The second-order valence-electron chi connectivity index (χ2n) is 10.4. The highest BCUT2D eigenvalue weighted by atomic mass is 16.5. The van der Waals surface area contributed by atoms with Gasteiger partial charge in [0.1, 0.15) is 11.9 Å². The zero-order valence-electron chi connectivity index (χ0n) is 22.4. The lowest BCUT2D eigenvalue weighted by Gasteiger charge is -2.23. The van der Waals surface area contributed by atoms with E-state index in [0.29, 0.717) is 18.0 Å². The maximum absolute atomic E-state index is 12.4. The van der Waals surface area contributed by atoms with Crippen molar-refractivity contribution in [1.29, 1.82) is 0 Å². The smallest absolute Gasteiger partial charge is 0.326 e. The zero-order chi connectivity index (χ0) is 26.7. The number of nitrogens with zero attached hydrogens (tertiary/aromatic N) is 3. The second kappa shape index (κ2) is 11.6. The van der Waals surface area contributed by atoms with Gasteiger partial charge in [0.2, 0.25) is 0 Å². The average molecular weight is 511 g/mol. The Morgan fingerprint density at radius 2 is 2.08 bits per heavy atom. The summed E-state index contributed by atoms with van der Waals surface area (Å²) < 4.78 is 14.8. The lowest BCUT2D eigenvalue weighted by Crippen LogP contribution is -2.46. The van der Waals surface area contributed by atoms with E-state index in [9.17, 15) is 14.7 Å². The number of rotatable bonds is 9. The maximum atomic E-state index is 12.4. The summed E-state index contributed by atoms with van der Waals surface area (Å²) in [4.78, 5) is 29.7. The number of hydrogen-bond donors (Lipinski definition) is 2. The minimum atomic E-state index is -0.897. The van der Waals surface area contributed by atoms with Crippen molar-refractivity contribution >= 4 is 17.0 Å². The summed E-state index contributed by atoms with van der Waals surface area (Å²) in [6.07, 6.45) is 2.82. The number of carbonyl (C=O) groups is 1. The van der Waals surface area contributed by atoms with Crippen molar-refractivity contribution in [1.82, 2.24) is 19.4 Å². The molecule has 2 N–H and O–H groups in total. The van der Waals surface area contributed by atoms with Gasteiger partial charge in [0.05, 0.1) is 29.8 Å². The van der Waals surface area contributed by atoms with Gasteiger partial charge in [-0.25, -0.2) is 4.98 Å². The van der Waals surface area contributed by atoms with Crippen molar-refractivity contribution in [2.24, 2.45) is 13.0 Å². The molecule has 3 aromatic rings. The van der Waals surface area contributed by atoms with Crippen molar-refractivity contribution < 1.29 is 19.4 Å². The summed E-state index contributed by atoms with van der Waals surface area (Å²) in [5.41, 5.74) is 4.30. The summed E-state index contributed by atoms with van der Waals surface area (Å²) in [7, 11) is 1.76. The first kappa shape index (κ1) is 27.0. The first-order chi connectivity index (χ1) is 17.6. The average Bonchev–Trinajstić information content (AvgIpc) is 3.19. The largest absolute Gasteiger partial charge is 0.462 e. The van der Waals surface area contributed by atoms with E-state index < -0.39 is 18.1 Å². The fourth-order valence-corrected chi connectivity index (χ4v) is 4.88. The van der Waals surface area contributed by atoms with E-state index in [4.69, 9.17) is 14.5 Å². The number of benzene rings is 1. The molecule has 0 bridgehead atoms. The molecular weight excluding hydrogens is 472 g/mol. The summed E-state index contributed by atoms with van der Waals surface area (Å²) in [5.74, 6) is 0.725. The SMILES string of the molecule is Cc1cc(-c2nc3cc(CNC(C(=O)OC(C)C)C(C)O)ccc3n2C[C@H]2CCCOC2)cn(C)c1=O. The number of ether oxygens (including phenoxy) is 2. The summed E-state index contributed by atoms with van der Waals surface area (Å²) in [5, 5.41) is 13.2. The molecule has 200 valence electrons. The van der Waals surface area contributed by atoms with E-state index in [2.05, 4.69) is 9.88 Å². The number of aromatic nitrogens is 3. The number of aryl methyl sites for hydroxylation is 2. The number of hydrogen-bond acceptors (Lipinski definition) is 7. The van der Waals surface area contributed by atoms with Crippen LogP contribution >= 0.6 is 0 Å². The molecule has 1 aromatic carbocycles. The van der Waals surface area contributed by atoms with Crippen molar-refractivity contribution in [2.75, 3.05) is 13.2 Å². The van der Waals surface area contributed by atoms with Gasteiger partial charge in [-0.15, -0.1) is 0 Å². The molecule has 9 heteroatoms. The molecule has 1 fully saturated rings. The molecular formula is C28H38N4O5. The first-order valence-electron chi connectivity index (χ1n) is 13.0. The zero-order valence-corrected chi connectivity index (χ0v) is 22.4. The predicted octanol–water partition coefficient (Wildman–Crippen LogP) is 2.93. The summed E-state index contributed by atoms with van der Waals surface area (Å²) in [6, 6.07) is 7.12. The van der Waals surface area contributed by atoms with Crippen LogP contribution in [0.4, 0.5) is 0 Å². The third-order valence-corrected chi connectivity index (χ3v) is 6.74. The Hall–Kier alpha value is -3.01. The molecule has 2 aromatic heterocycles. The fraction of sp³-hybridized carbons (Fsp3) is 0.536. The van der Waals surface area contributed by atoms with E-state index in [-0.39, 0.29) is 11.7 Å². The number of aliphatic hydroxyl groups is 1. The highest BCUT2D eigenvalue weighted by Crippen LogP contribution is 2.28. The molecule has 0 aliphatic carbocycles. The van der Waals surface area contributed by atoms with Crippen LogP contribution in [0.25, 0.3) is 22.4 Å². The molecule has 0 spiro atoms. The number of esters is 1. The van der Waals surface area contributed by atoms with E-state index in [1.165, 1.54) is 0 Å². The van der Waals surface area contributed by atoms with Crippen molar-refractivity contribution in [3.8, 4) is 11.4 Å². The molecule has 1 aliphatic rings. The molecule has 9 nitrogen and oxygen atoms in total. The van der Waals surface area contributed by atoms with Crippen LogP contribution in [0.2, 0.25) is 0 Å². The Morgan fingerprint density at radius 1 is 1.30 bits per heavy atom.